The molecule has 0 bridgehead atoms. The van der Waals surface area contributed by atoms with Crippen molar-refractivity contribution in [2.75, 3.05) is 38.8 Å². The van der Waals surface area contributed by atoms with Gasteiger partial charge in [0.1, 0.15) is 9.84 Å². The van der Waals surface area contributed by atoms with E-state index in [1.54, 1.807) is 7.11 Å². The van der Waals surface area contributed by atoms with Crippen LogP contribution < -0.4 is 16.6 Å². The highest BCUT2D eigenvalue weighted by atomic mass is 32.2. The lowest BCUT2D eigenvalue weighted by Crippen LogP contribution is -2.42. The van der Waals surface area contributed by atoms with Gasteiger partial charge in [-0.3, -0.25) is 10.4 Å². The summed E-state index contributed by atoms with van der Waals surface area (Å²) >= 11 is 0. The van der Waals surface area contributed by atoms with Gasteiger partial charge in [-0.15, -0.1) is 0 Å². The van der Waals surface area contributed by atoms with Crippen LogP contribution in [0, 0.1) is 0 Å². The van der Waals surface area contributed by atoms with Gasteiger partial charge in [0.2, 0.25) is 5.96 Å². The maximum Gasteiger partial charge on any atom is 0.205 e. The molecule has 0 radical (unpaired) electrons. The van der Waals surface area contributed by atoms with E-state index in [-0.39, 0.29) is 5.75 Å². The van der Waals surface area contributed by atoms with Crippen LogP contribution in [0.1, 0.15) is 6.42 Å². The third kappa shape index (κ3) is 9.69. The van der Waals surface area contributed by atoms with Crippen molar-refractivity contribution in [3.05, 3.63) is 0 Å². The summed E-state index contributed by atoms with van der Waals surface area (Å²) in [6.45, 7) is 1.54. The summed E-state index contributed by atoms with van der Waals surface area (Å²) in [5.74, 6) is 5.79. The van der Waals surface area contributed by atoms with Crippen molar-refractivity contribution in [3.63, 3.8) is 0 Å². The third-order valence-electron chi connectivity index (χ3n) is 1.68. The van der Waals surface area contributed by atoms with Crippen LogP contribution in [0.5, 0.6) is 0 Å². The molecule has 0 aliphatic carbocycles. The molecule has 0 amide bonds. The molecule has 0 heterocycles. The molecule has 8 heteroatoms. The maximum absolute atomic E-state index is 10.8. The lowest BCUT2D eigenvalue weighted by Gasteiger charge is -2.08. The minimum absolute atomic E-state index is 0.131. The summed E-state index contributed by atoms with van der Waals surface area (Å²) in [6, 6.07) is 0. The Morgan fingerprint density at radius 3 is 2.69 bits per heavy atom. The fourth-order valence-electron chi connectivity index (χ4n) is 0.942. The van der Waals surface area contributed by atoms with Crippen LogP contribution in [-0.2, 0) is 14.6 Å². The molecule has 16 heavy (non-hydrogen) atoms. The molecule has 0 fully saturated rings. The molecule has 0 aromatic carbocycles. The normalized spacial score (nSPS) is 12.6. The molecule has 7 nitrogen and oxygen atoms in total. The summed E-state index contributed by atoms with van der Waals surface area (Å²) in [5, 5.41) is 2.91. The lowest BCUT2D eigenvalue weighted by atomic mass is 10.5. The zero-order valence-corrected chi connectivity index (χ0v) is 10.5. The van der Waals surface area contributed by atoms with E-state index in [1.807, 2.05) is 0 Å². The third-order valence-corrected chi connectivity index (χ3v) is 2.71. The predicted molar refractivity (Wildman–Crippen MR) is 63.8 cm³/mol. The van der Waals surface area contributed by atoms with E-state index in [0.717, 1.165) is 0 Å². The Morgan fingerprint density at radius 2 is 2.19 bits per heavy atom. The van der Waals surface area contributed by atoms with Crippen LogP contribution >= 0.6 is 0 Å². The fourth-order valence-corrected chi connectivity index (χ4v) is 1.60. The van der Waals surface area contributed by atoms with Gasteiger partial charge in [-0.2, -0.15) is 0 Å². The standard InChI is InChI=1S/C8H20N4O3S/c1-15-6-5-11-8(12-9)10-4-3-7-16(2,13)14/h3-7,9H2,1-2H3,(H2,10,11,12). The van der Waals surface area contributed by atoms with Crippen LogP contribution in [0.2, 0.25) is 0 Å². The zero-order valence-electron chi connectivity index (χ0n) is 9.69. The van der Waals surface area contributed by atoms with E-state index in [2.05, 4.69) is 15.7 Å². The van der Waals surface area contributed by atoms with Crippen LogP contribution in [0.4, 0.5) is 0 Å². The average Bonchev–Trinajstić information content (AvgIpc) is 2.20. The molecule has 0 unspecified atom stereocenters. The highest BCUT2D eigenvalue weighted by Gasteiger charge is 2.01. The van der Waals surface area contributed by atoms with Gasteiger partial charge in [0.25, 0.3) is 0 Å². The molecule has 0 saturated carbocycles. The molecule has 0 aliphatic heterocycles. The molecule has 0 aliphatic rings. The topological polar surface area (TPSA) is 106 Å². The van der Waals surface area contributed by atoms with Crippen molar-refractivity contribution in [1.29, 1.82) is 0 Å². The molecule has 0 rings (SSSR count). The van der Waals surface area contributed by atoms with E-state index < -0.39 is 9.84 Å². The number of hydrogen-bond donors (Lipinski definition) is 3. The molecule has 0 spiro atoms. The first-order valence-corrected chi connectivity index (χ1v) is 6.97. The fraction of sp³-hybridized carbons (Fsp3) is 0.875. The van der Waals surface area contributed by atoms with Crippen molar-refractivity contribution >= 4 is 15.8 Å². The number of aliphatic imine (C=N–C) groups is 1. The number of hydrogen-bond acceptors (Lipinski definition) is 5. The number of hydrazine groups is 1. The largest absolute Gasteiger partial charge is 0.383 e. The molecular formula is C8H20N4O3S. The van der Waals surface area contributed by atoms with E-state index >= 15 is 0 Å². The Bertz CT molecular complexity index is 302. The second-order valence-electron chi connectivity index (χ2n) is 3.28. The van der Waals surface area contributed by atoms with Crippen molar-refractivity contribution in [1.82, 2.24) is 10.7 Å². The Kier molecular flexibility index (Phi) is 7.86. The molecule has 4 N–H and O–H groups in total. The van der Waals surface area contributed by atoms with E-state index in [0.29, 0.717) is 32.1 Å². The maximum atomic E-state index is 10.8. The first kappa shape index (κ1) is 15.1. The summed E-state index contributed by atoms with van der Waals surface area (Å²) in [4.78, 5) is 4.07. The van der Waals surface area contributed by atoms with Gasteiger partial charge in [0.15, 0.2) is 0 Å². The number of methoxy groups -OCH3 is 1. The highest BCUT2D eigenvalue weighted by Crippen LogP contribution is 1.89. The van der Waals surface area contributed by atoms with Gasteiger partial charge < -0.3 is 10.1 Å². The SMILES string of the molecule is COCCNC(=NCCCS(C)(=O)=O)NN. The van der Waals surface area contributed by atoms with Gasteiger partial charge >= 0.3 is 0 Å². The van der Waals surface area contributed by atoms with Gasteiger partial charge in [-0.1, -0.05) is 0 Å². The van der Waals surface area contributed by atoms with Gasteiger partial charge in [0.05, 0.1) is 12.4 Å². The van der Waals surface area contributed by atoms with Crippen LogP contribution in [0.25, 0.3) is 0 Å². The van der Waals surface area contributed by atoms with E-state index in [9.17, 15) is 8.42 Å². The van der Waals surface area contributed by atoms with Crippen molar-refractivity contribution in [2.24, 2.45) is 10.8 Å². The minimum Gasteiger partial charge on any atom is -0.383 e. The minimum atomic E-state index is -2.91. The second kappa shape index (κ2) is 8.31. The Balaban J connectivity index is 3.80. The smallest absolute Gasteiger partial charge is 0.205 e. The summed E-state index contributed by atoms with van der Waals surface area (Å²) in [5.41, 5.74) is 2.39. The first-order valence-electron chi connectivity index (χ1n) is 4.91. The lowest BCUT2D eigenvalue weighted by molar-refractivity contribution is 0.203. The number of nitrogens with two attached hydrogens (primary N) is 1. The number of ether oxygens (including phenoxy) is 1. The Hall–Kier alpha value is -0.860. The Morgan fingerprint density at radius 1 is 1.50 bits per heavy atom. The molecular weight excluding hydrogens is 232 g/mol. The molecule has 0 aromatic heterocycles. The van der Waals surface area contributed by atoms with Crippen LogP contribution in [0.15, 0.2) is 4.99 Å². The number of sulfone groups is 1. The number of guanidine groups is 1. The summed E-state index contributed by atoms with van der Waals surface area (Å²) in [7, 11) is -1.31. The average molecular weight is 252 g/mol. The van der Waals surface area contributed by atoms with Crippen molar-refractivity contribution < 1.29 is 13.2 Å². The van der Waals surface area contributed by atoms with Gasteiger partial charge in [-0.25, -0.2) is 14.3 Å². The molecule has 0 atom stereocenters. The van der Waals surface area contributed by atoms with Crippen LogP contribution in [-0.4, -0.2) is 53.2 Å². The monoisotopic (exact) mass is 252 g/mol. The van der Waals surface area contributed by atoms with Gasteiger partial charge in [-0.05, 0) is 6.42 Å². The van der Waals surface area contributed by atoms with Crippen LogP contribution in [0.3, 0.4) is 0 Å². The van der Waals surface area contributed by atoms with E-state index in [4.69, 9.17) is 10.6 Å². The van der Waals surface area contributed by atoms with Gasteiger partial charge in [0, 0.05) is 26.5 Å². The Labute approximate surface area is 96.3 Å². The predicted octanol–water partition coefficient (Wildman–Crippen LogP) is -1.52. The van der Waals surface area contributed by atoms with E-state index in [1.165, 1.54) is 6.26 Å². The summed E-state index contributed by atoms with van der Waals surface area (Å²) < 4.78 is 26.5. The van der Waals surface area contributed by atoms with Crippen molar-refractivity contribution in [3.8, 4) is 0 Å². The molecule has 0 aromatic rings. The number of rotatable bonds is 7. The van der Waals surface area contributed by atoms with Crippen molar-refractivity contribution in [2.45, 2.75) is 6.42 Å². The first-order chi connectivity index (χ1) is 7.49. The second-order valence-corrected chi connectivity index (χ2v) is 5.54. The highest BCUT2D eigenvalue weighted by molar-refractivity contribution is 7.90. The number of nitrogens with zero attached hydrogens (tertiary/aromatic N) is 1. The molecule has 96 valence electrons. The quantitative estimate of drug-likeness (QED) is 0.167. The zero-order chi connectivity index (χ0) is 12.4. The number of nitrogens with one attached hydrogen (secondary N) is 2. The molecule has 0 saturated heterocycles. The summed E-state index contributed by atoms with van der Waals surface area (Å²) in [6.07, 6.45) is 1.69.